The van der Waals surface area contributed by atoms with Gasteiger partial charge in [0.2, 0.25) is 5.78 Å². The number of primary amides is 1. The summed E-state index contributed by atoms with van der Waals surface area (Å²) in [5.41, 5.74) is 8.45. The van der Waals surface area contributed by atoms with Gasteiger partial charge in [-0.2, -0.15) is 0 Å². The number of aliphatic hydroxyl groups excluding tert-OH is 1. The molecule has 33 heavy (non-hydrogen) atoms. The van der Waals surface area contributed by atoms with Crippen molar-refractivity contribution in [1.29, 1.82) is 0 Å². The zero-order chi connectivity index (χ0) is 23.1. The van der Waals surface area contributed by atoms with Gasteiger partial charge in [0, 0.05) is 34.2 Å². The maximum atomic E-state index is 13.1. The van der Waals surface area contributed by atoms with E-state index in [2.05, 4.69) is 12.1 Å². The predicted octanol–water partition coefficient (Wildman–Crippen LogP) is 4.68. The molecule has 1 amide bonds. The lowest BCUT2D eigenvalue weighted by Crippen LogP contribution is -2.16. The van der Waals surface area contributed by atoms with E-state index in [1.165, 1.54) is 18.4 Å². The average molecular weight is 463 g/mol. The number of aliphatic hydroxyl groups is 1. The molecule has 1 fully saturated rings. The zero-order valence-electron chi connectivity index (χ0n) is 17.9. The van der Waals surface area contributed by atoms with Gasteiger partial charge < -0.3 is 20.1 Å². The summed E-state index contributed by atoms with van der Waals surface area (Å²) in [6.45, 7) is 0.129. The van der Waals surface area contributed by atoms with Gasteiger partial charge in [-0.1, -0.05) is 29.8 Å². The zero-order valence-corrected chi connectivity index (χ0v) is 18.6. The second-order valence-electron chi connectivity index (χ2n) is 8.43. The molecule has 3 aromatic carbocycles. The van der Waals surface area contributed by atoms with E-state index in [9.17, 15) is 14.7 Å². The Morgan fingerprint density at radius 1 is 1.06 bits per heavy atom. The number of nitrogens with zero attached hydrogens (tertiary/aromatic N) is 1. The summed E-state index contributed by atoms with van der Waals surface area (Å²) in [5, 5.41) is 12.4. The largest absolute Gasteiger partial charge is 0.485 e. The van der Waals surface area contributed by atoms with Crippen LogP contribution in [-0.2, 0) is 6.54 Å². The molecule has 0 spiro atoms. The van der Waals surface area contributed by atoms with Crippen LogP contribution in [0.2, 0.25) is 5.02 Å². The Balaban J connectivity index is 1.45. The third kappa shape index (κ3) is 4.19. The summed E-state index contributed by atoms with van der Waals surface area (Å²) in [4.78, 5) is 25.1. The van der Waals surface area contributed by atoms with Gasteiger partial charge in [0.25, 0.3) is 5.91 Å². The van der Waals surface area contributed by atoms with Crippen LogP contribution in [0, 0.1) is 0 Å². The number of carbonyl (C=O) groups excluding carboxylic acids is 2. The molecule has 0 bridgehead atoms. The minimum atomic E-state index is -0.647. The number of hydrogen-bond acceptors (Lipinski definition) is 4. The van der Waals surface area contributed by atoms with Crippen LogP contribution >= 0.6 is 11.6 Å². The molecule has 1 saturated carbocycles. The monoisotopic (exact) mass is 462 g/mol. The first-order valence-electron chi connectivity index (χ1n) is 10.9. The van der Waals surface area contributed by atoms with Crippen molar-refractivity contribution in [2.24, 2.45) is 5.73 Å². The highest BCUT2D eigenvalue weighted by atomic mass is 35.5. The van der Waals surface area contributed by atoms with Crippen molar-refractivity contribution in [2.45, 2.75) is 25.3 Å². The molecule has 0 aliphatic heterocycles. The summed E-state index contributed by atoms with van der Waals surface area (Å²) in [5.74, 6) is -0.0286. The van der Waals surface area contributed by atoms with E-state index in [1.807, 2.05) is 16.7 Å². The van der Waals surface area contributed by atoms with Gasteiger partial charge in [0.1, 0.15) is 5.75 Å². The maximum Gasteiger partial charge on any atom is 0.252 e. The van der Waals surface area contributed by atoms with Crippen LogP contribution < -0.4 is 10.5 Å². The maximum absolute atomic E-state index is 13.1. The average Bonchev–Trinajstić information content (AvgIpc) is 3.59. The molecule has 168 valence electrons. The summed E-state index contributed by atoms with van der Waals surface area (Å²) >= 11 is 6.05. The third-order valence-corrected chi connectivity index (χ3v) is 6.36. The quantitative estimate of drug-likeness (QED) is 0.372. The van der Waals surface area contributed by atoms with E-state index in [4.69, 9.17) is 22.1 Å². The minimum Gasteiger partial charge on any atom is -0.485 e. The molecule has 1 aliphatic carbocycles. The van der Waals surface area contributed by atoms with Crippen LogP contribution in [0.4, 0.5) is 0 Å². The van der Waals surface area contributed by atoms with Crippen molar-refractivity contribution in [3.05, 3.63) is 76.4 Å². The number of benzene rings is 3. The normalized spacial score (nSPS) is 13.5. The highest BCUT2D eigenvalue weighted by molar-refractivity contribution is 6.31. The second-order valence-corrected chi connectivity index (χ2v) is 8.86. The number of aromatic nitrogens is 1. The molecule has 0 unspecified atom stereocenters. The summed E-state index contributed by atoms with van der Waals surface area (Å²) < 4.78 is 7.71. The van der Waals surface area contributed by atoms with E-state index in [0.717, 1.165) is 21.7 Å². The first-order chi connectivity index (χ1) is 15.9. The number of ether oxygens (including phenoxy) is 1. The van der Waals surface area contributed by atoms with Crippen LogP contribution in [0.5, 0.6) is 5.75 Å². The number of hydrogen-bond donors (Lipinski definition) is 2. The number of carbonyl (C=O) groups is 2. The fraction of sp³-hybridized carbons (Fsp3) is 0.231. The van der Waals surface area contributed by atoms with Crippen LogP contribution in [0.25, 0.3) is 21.7 Å². The van der Waals surface area contributed by atoms with Crippen molar-refractivity contribution in [1.82, 2.24) is 4.57 Å². The molecule has 3 N–H and O–H groups in total. The third-order valence-electron chi connectivity index (χ3n) is 6.12. The molecular weight excluding hydrogens is 440 g/mol. The van der Waals surface area contributed by atoms with Gasteiger partial charge in [-0.15, -0.1) is 0 Å². The topological polar surface area (TPSA) is 94.6 Å². The van der Waals surface area contributed by atoms with Crippen LogP contribution in [0.1, 0.15) is 45.0 Å². The van der Waals surface area contributed by atoms with E-state index in [1.54, 1.807) is 30.5 Å². The molecule has 0 radical (unpaired) electrons. The fourth-order valence-corrected chi connectivity index (χ4v) is 4.46. The Morgan fingerprint density at radius 2 is 1.88 bits per heavy atom. The van der Waals surface area contributed by atoms with Crippen LogP contribution in [-0.4, -0.2) is 34.6 Å². The van der Waals surface area contributed by atoms with Gasteiger partial charge in [0.05, 0.1) is 12.2 Å². The molecule has 1 aromatic heterocycles. The number of fused-ring (bicyclic) bond motifs is 2. The van der Waals surface area contributed by atoms with E-state index in [-0.39, 0.29) is 30.3 Å². The first-order valence-corrected chi connectivity index (χ1v) is 11.2. The number of ketones is 1. The number of Topliss-reactive ketones (excluding diaryl/α,β-unsaturated/α-hetero) is 1. The van der Waals surface area contributed by atoms with Gasteiger partial charge in [-0.25, -0.2) is 0 Å². The van der Waals surface area contributed by atoms with Crippen molar-refractivity contribution in [3.63, 3.8) is 0 Å². The molecule has 1 aliphatic rings. The SMILES string of the molecule is NC(=O)c1cc2cc(Cl)ccc2cc1OCC(=O)c1cn(CCO)c2cc(C3CC3)ccc12. The molecular formula is C26H23ClN2O4. The second kappa shape index (κ2) is 8.54. The molecule has 1 heterocycles. The Bertz CT molecular complexity index is 1400. The Kier molecular flexibility index (Phi) is 5.56. The molecule has 0 saturated heterocycles. The van der Waals surface area contributed by atoms with Gasteiger partial charge in [-0.3, -0.25) is 9.59 Å². The highest BCUT2D eigenvalue weighted by Gasteiger charge is 2.25. The molecule has 0 atom stereocenters. The molecule has 4 aromatic rings. The highest BCUT2D eigenvalue weighted by Crippen LogP contribution is 2.41. The fourth-order valence-electron chi connectivity index (χ4n) is 4.28. The Morgan fingerprint density at radius 3 is 2.61 bits per heavy atom. The number of rotatable bonds is 8. The van der Waals surface area contributed by atoms with Crippen LogP contribution in [0.15, 0.2) is 54.7 Å². The Hall–Kier alpha value is -3.35. The summed E-state index contributed by atoms with van der Waals surface area (Å²) in [6.07, 6.45) is 4.14. The number of amides is 1. The minimum absolute atomic E-state index is 0.0232. The standard InChI is InChI=1S/C26H23ClN2O4/c27-19-5-3-17-12-25(21(26(28)32)10-18(17)9-19)33-14-24(31)22-13-29(7-8-30)23-11-16(15-1-2-15)4-6-20(22)23/h3-6,9-13,15,30H,1-2,7-8,14H2,(H2,28,32). The van der Waals surface area contributed by atoms with Crippen LogP contribution in [0.3, 0.4) is 0 Å². The molecule has 5 rings (SSSR count). The van der Waals surface area contributed by atoms with Crippen molar-refractivity contribution in [2.75, 3.05) is 13.2 Å². The van der Waals surface area contributed by atoms with Gasteiger partial charge in [-0.05, 0) is 65.4 Å². The van der Waals surface area contributed by atoms with Gasteiger partial charge in [0.15, 0.2) is 6.61 Å². The number of nitrogens with two attached hydrogens (primary N) is 1. The van der Waals surface area contributed by atoms with Crippen molar-refractivity contribution < 1.29 is 19.4 Å². The van der Waals surface area contributed by atoms with E-state index in [0.29, 0.717) is 23.0 Å². The lowest BCUT2D eigenvalue weighted by atomic mass is 10.0. The molecule has 7 heteroatoms. The summed E-state index contributed by atoms with van der Waals surface area (Å²) in [6, 6.07) is 14.8. The van der Waals surface area contributed by atoms with Crippen molar-refractivity contribution in [3.8, 4) is 5.75 Å². The van der Waals surface area contributed by atoms with E-state index >= 15 is 0 Å². The lowest BCUT2D eigenvalue weighted by molar-refractivity contribution is 0.0913. The predicted molar refractivity (Wildman–Crippen MR) is 128 cm³/mol. The summed E-state index contributed by atoms with van der Waals surface area (Å²) in [7, 11) is 0. The first kappa shape index (κ1) is 21.5. The smallest absolute Gasteiger partial charge is 0.252 e. The van der Waals surface area contributed by atoms with Crippen molar-refractivity contribution >= 4 is 45.0 Å². The van der Waals surface area contributed by atoms with Gasteiger partial charge >= 0.3 is 0 Å². The Labute approximate surface area is 195 Å². The lowest BCUT2D eigenvalue weighted by Gasteiger charge is -2.11. The number of halogens is 1. The molecule has 6 nitrogen and oxygen atoms in total. The van der Waals surface area contributed by atoms with E-state index < -0.39 is 5.91 Å².